The quantitative estimate of drug-likeness (QED) is 0.598. The van der Waals surface area contributed by atoms with Gasteiger partial charge in [-0.2, -0.15) is 0 Å². The van der Waals surface area contributed by atoms with Crippen LogP contribution in [0.25, 0.3) is 11.0 Å². The Bertz CT molecular complexity index is 1170. The highest BCUT2D eigenvalue weighted by Gasteiger charge is 2.18. The average molecular weight is 407 g/mol. The first-order chi connectivity index (χ1) is 14.5. The molecule has 8 heteroatoms. The van der Waals surface area contributed by atoms with E-state index in [1.54, 1.807) is 0 Å². The van der Waals surface area contributed by atoms with Gasteiger partial charge in [0.1, 0.15) is 5.65 Å². The number of carbonyl (C=O) groups is 1. The van der Waals surface area contributed by atoms with E-state index in [4.69, 9.17) is 0 Å². The molecule has 3 heterocycles. The van der Waals surface area contributed by atoms with Gasteiger partial charge in [-0.15, -0.1) is 0 Å². The maximum absolute atomic E-state index is 12.5. The van der Waals surface area contributed by atoms with Crippen molar-refractivity contribution in [3.8, 4) is 0 Å². The van der Waals surface area contributed by atoms with Gasteiger partial charge in [0.15, 0.2) is 0 Å². The van der Waals surface area contributed by atoms with E-state index in [9.17, 15) is 14.4 Å². The first-order valence-corrected chi connectivity index (χ1v) is 10.2. The van der Waals surface area contributed by atoms with Gasteiger partial charge in [-0.1, -0.05) is 30.7 Å². The van der Waals surface area contributed by atoms with Crippen LogP contribution >= 0.6 is 0 Å². The number of amides is 1. The number of hydrogen-bond donors (Lipinski definition) is 3. The third-order valence-electron chi connectivity index (χ3n) is 5.66. The second-order valence-electron chi connectivity index (χ2n) is 7.84. The molecule has 0 radical (unpaired) electrons. The molecule has 8 nitrogen and oxygen atoms in total. The Hall–Kier alpha value is -3.26. The fraction of sp³-hybridized carbons (Fsp3) is 0.364. The molecular weight excluding hydrogens is 382 g/mol. The lowest BCUT2D eigenvalue weighted by molar-refractivity contribution is 0.0950. The van der Waals surface area contributed by atoms with Gasteiger partial charge < -0.3 is 5.32 Å². The second-order valence-corrected chi connectivity index (χ2v) is 7.84. The molecule has 0 aliphatic carbocycles. The van der Waals surface area contributed by atoms with E-state index in [2.05, 4.69) is 44.2 Å². The highest BCUT2D eigenvalue weighted by Crippen LogP contribution is 2.19. The van der Waals surface area contributed by atoms with Gasteiger partial charge in [0, 0.05) is 25.3 Å². The molecular formula is C22H25N5O3. The minimum absolute atomic E-state index is 0.152. The molecule has 3 aromatic rings. The van der Waals surface area contributed by atoms with Crippen molar-refractivity contribution >= 4 is 16.9 Å². The van der Waals surface area contributed by atoms with Gasteiger partial charge in [-0.25, -0.2) is 9.78 Å². The summed E-state index contributed by atoms with van der Waals surface area (Å²) >= 11 is 0. The van der Waals surface area contributed by atoms with E-state index < -0.39 is 11.2 Å². The van der Waals surface area contributed by atoms with Crippen LogP contribution < -0.4 is 16.6 Å². The highest BCUT2D eigenvalue weighted by molar-refractivity contribution is 5.96. The number of benzene rings is 1. The molecule has 1 atom stereocenters. The van der Waals surface area contributed by atoms with Gasteiger partial charge in [-0.05, 0) is 43.5 Å². The van der Waals surface area contributed by atoms with Crippen LogP contribution in [0.4, 0.5) is 0 Å². The molecule has 156 valence electrons. The number of fused-ring (bicyclic) bond motifs is 1. The number of nitrogens with one attached hydrogen (secondary N) is 3. The van der Waals surface area contributed by atoms with E-state index in [1.807, 2.05) is 12.1 Å². The summed E-state index contributed by atoms with van der Waals surface area (Å²) in [5.41, 5.74) is 1.47. The van der Waals surface area contributed by atoms with Crippen molar-refractivity contribution in [1.82, 2.24) is 25.2 Å². The average Bonchev–Trinajstić information content (AvgIpc) is 2.74. The van der Waals surface area contributed by atoms with Crippen LogP contribution in [0.3, 0.4) is 0 Å². The van der Waals surface area contributed by atoms with Gasteiger partial charge in [0.2, 0.25) is 0 Å². The summed E-state index contributed by atoms with van der Waals surface area (Å²) in [6.45, 7) is 4.76. The maximum atomic E-state index is 12.5. The molecule has 4 rings (SSSR count). The van der Waals surface area contributed by atoms with Crippen molar-refractivity contribution in [1.29, 1.82) is 0 Å². The molecule has 0 bridgehead atoms. The van der Waals surface area contributed by atoms with Crippen LogP contribution in [0, 0.1) is 0 Å². The topological polar surface area (TPSA) is 111 Å². The normalized spacial score (nSPS) is 17.2. The van der Waals surface area contributed by atoms with Crippen LogP contribution in [0.5, 0.6) is 0 Å². The van der Waals surface area contributed by atoms with Crippen LogP contribution in [0.2, 0.25) is 0 Å². The lowest BCUT2D eigenvalue weighted by atomic mass is 10.0. The number of nitrogens with zero attached hydrogens (tertiary/aromatic N) is 2. The zero-order valence-corrected chi connectivity index (χ0v) is 16.9. The Morgan fingerprint density at radius 2 is 1.93 bits per heavy atom. The summed E-state index contributed by atoms with van der Waals surface area (Å²) < 4.78 is 0. The lowest BCUT2D eigenvalue weighted by Crippen LogP contribution is -2.36. The Labute approximate surface area is 173 Å². The molecule has 1 aliphatic rings. The zero-order chi connectivity index (χ0) is 21.1. The molecule has 3 N–H and O–H groups in total. The molecule has 30 heavy (non-hydrogen) atoms. The fourth-order valence-electron chi connectivity index (χ4n) is 3.84. The summed E-state index contributed by atoms with van der Waals surface area (Å²) in [6, 6.07) is 10.3. The van der Waals surface area contributed by atoms with Crippen molar-refractivity contribution in [2.75, 3.05) is 6.54 Å². The van der Waals surface area contributed by atoms with Crippen LogP contribution in [0.1, 0.15) is 47.7 Å². The number of H-pyrrole nitrogens is 2. The summed E-state index contributed by atoms with van der Waals surface area (Å²) in [7, 11) is 0. The number of likely N-dealkylation sites (tertiary alicyclic amines) is 1. The van der Waals surface area contributed by atoms with Crippen molar-refractivity contribution in [2.45, 2.75) is 45.3 Å². The van der Waals surface area contributed by atoms with E-state index in [0.29, 0.717) is 12.6 Å². The van der Waals surface area contributed by atoms with Crippen molar-refractivity contribution in [2.24, 2.45) is 0 Å². The molecule has 1 aliphatic heterocycles. The van der Waals surface area contributed by atoms with Gasteiger partial charge in [0.05, 0.1) is 10.9 Å². The van der Waals surface area contributed by atoms with Crippen molar-refractivity contribution in [3.63, 3.8) is 0 Å². The predicted octanol–water partition coefficient (Wildman–Crippen LogP) is 1.92. The number of pyridine rings is 1. The number of hydrogen-bond acceptors (Lipinski definition) is 5. The minimum atomic E-state index is -0.629. The predicted molar refractivity (Wildman–Crippen MR) is 114 cm³/mol. The van der Waals surface area contributed by atoms with Crippen LogP contribution in [-0.4, -0.2) is 38.3 Å². The molecule has 0 saturated carbocycles. The van der Waals surface area contributed by atoms with Crippen molar-refractivity contribution < 1.29 is 4.79 Å². The third kappa shape index (κ3) is 4.49. The number of carbonyl (C=O) groups excluding carboxylic acids is 1. The fourth-order valence-corrected chi connectivity index (χ4v) is 3.84. The lowest BCUT2D eigenvalue weighted by Gasteiger charge is -2.33. The molecule has 0 spiro atoms. The van der Waals surface area contributed by atoms with Gasteiger partial charge in [0.25, 0.3) is 11.5 Å². The molecule has 1 fully saturated rings. The number of aromatic nitrogens is 3. The molecule has 1 unspecified atom stereocenters. The molecule has 2 aromatic heterocycles. The number of aromatic amines is 2. The van der Waals surface area contributed by atoms with E-state index >= 15 is 0 Å². The van der Waals surface area contributed by atoms with Crippen LogP contribution in [0.15, 0.2) is 46.1 Å². The highest BCUT2D eigenvalue weighted by atomic mass is 16.2. The Balaban J connectivity index is 1.38. The Morgan fingerprint density at radius 1 is 1.17 bits per heavy atom. The first-order valence-electron chi connectivity index (χ1n) is 10.2. The van der Waals surface area contributed by atoms with Gasteiger partial charge in [-0.3, -0.25) is 24.5 Å². The zero-order valence-electron chi connectivity index (χ0n) is 16.9. The maximum Gasteiger partial charge on any atom is 0.327 e. The SMILES string of the molecule is CC1CCCCN1Cc1ccc(CNC(=O)c2cnc3[nH]c(=O)[nH]c(=O)c3c2)cc1. The molecule has 1 amide bonds. The summed E-state index contributed by atoms with van der Waals surface area (Å²) in [5.74, 6) is -0.332. The third-order valence-corrected chi connectivity index (χ3v) is 5.66. The molecule has 1 aromatic carbocycles. The smallest absolute Gasteiger partial charge is 0.327 e. The minimum Gasteiger partial charge on any atom is -0.348 e. The second kappa shape index (κ2) is 8.62. The van der Waals surface area contributed by atoms with Crippen LogP contribution in [-0.2, 0) is 13.1 Å². The summed E-state index contributed by atoms with van der Waals surface area (Å²) in [6.07, 6.45) is 5.18. The molecule has 1 saturated heterocycles. The summed E-state index contributed by atoms with van der Waals surface area (Å²) in [4.78, 5) is 46.8. The first kappa shape index (κ1) is 20.0. The van der Waals surface area contributed by atoms with Crippen molar-refractivity contribution in [3.05, 3.63) is 74.1 Å². The van der Waals surface area contributed by atoms with Gasteiger partial charge >= 0.3 is 5.69 Å². The Kier molecular flexibility index (Phi) is 5.76. The largest absolute Gasteiger partial charge is 0.348 e. The standard InChI is InChI=1S/C22H25N5O3/c1-14-4-2-3-9-27(14)13-16-7-5-15(6-8-16)11-24-20(28)17-10-18-19(23-12-17)25-22(30)26-21(18)29/h5-8,10,12,14H,2-4,9,11,13H2,1H3,(H,24,28)(H2,23,25,26,29,30). The van der Waals surface area contributed by atoms with E-state index in [1.165, 1.54) is 37.1 Å². The number of piperidine rings is 1. The monoisotopic (exact) mass is 407 g/mol. The summed E-state index contributed by atoms with van der Waals surface area (Å²) in [5, 5.41) is 3.01. The number of rotatable bonds is 5. The van der Waals surface area contributed by atoms with E-state index in [-0.39, 0.29) is 22.5 Å². The Morgan fingerprint density at radius 3 is 2.70 bits per heavy atom. The van der Waals surface area contributed by atoms with E-state index in [0.717, 1.165) is 18.7 Å².